The molecule has 0 spiro atoms. The maximum absolute atomic E-state index is 4.15. The third kappa shape index (κ3) is 1.64. The minimum absolute atomic E-state index is 0.724. The number of aryl methyl sites for hydroxylation is 1. The van der Waals surface area contributed by atoms with Crippen LogP contribution in [0, 0.1) is 6.92 Å². The molecule has 0 amide bonds. The zero-order valence-corrected chi connectivity index (χ0v) is 7.95. The van der Waals surface area contributed by atoms with Crippen LogP contribution in [0.3, 0.4) is 0 Å². The predicted octanol–water partition coefficient (Wildman–Crippen LogP) is 1.72. The van der Waals surface area contributed by atoms with Gasteiger partial charge in [0.05, 0.1) is 0 Å². The van der Waals surface area contributed by atoms with Crippen molar-refractivity contribution in [2.24, 2.45) is 0 Å². The van der Waals surface area contributed by atoms with Crippen molar-refractivity contribution < 1.29 is 0 Å². The van der Waals surface area contributed by atoms with E-state index in [-0.39, 0.29) is 0 Å². The fourth-order valence-corrected chi connectivity index (χ4v) is 2.19. The molecule has 0 saturated carbocycles. The van der Waals surface area contributed by atoms with Crippen molar-refractivity contribution in [3.63, 3.8) is 0 Å². The lowest BCUT2D eigenvalue weighted by Crippen LogP contribution is -1.73. The average Bonchev–Trinajstić information content (AvgIpc) is 2.63. The summed E-state index contributed by atoms with van der Waals surface area (Å²) in [5.41, 5.74) is 0. The molecule has 2 rings (SSSR count). The van der Waals surface area contributed by atoms with Gasteiger partial charge >= 0.3 is 0 Å². The van der Waals surface area contributed by atoms with Gasteiger partial charge < -0.3 is 0 Å². The number of hydrogen-bond donors (Lipinski definition) is 1. The second-order valence-electron chi connectivity index (χ2n) is 2.10. The van der Waals surface area contributed by atoms with Crippen molar-refractivity contribution >= 4 is 23.1 Å². The molecule has 0 unspecified atom stereocenters. The Bertz CT molecular complexity index is 353. The van der Waals surface area contributed by atoms with Crippen LogP contribution in [0.25, 0.3) is 0 Å². The van der Waals surface area contributed by atoms with E-state index in [1.807, 2.05) is 12.3 Å². The zero-order chi connectivity index (χ0) is 8.39. The van der Waals surface area contributed by atoms with E-state index in [1.54, 1.807) is 17.5 Å². The molecule has 2 aromatic heterocycles. The van der Waals surface area contributed by atoms with Gasteiger partial charge in [0.1, 0.15) is 5.82 Å². The van der Waals surface area contributed by atoms with Crippen molar-refractivity contribution in [1.82, 2.24) is 20.2 Å². The molecule has 6 heteroatoms. The number of hydrogen-bond acceptors (Lipinski definition) is 5. The highest BCUT2D eigenvalue weighted by Crippen LogP contribution is 2.25. The SMILES string of the molecule is Cc1nc(Sc2nccs2)n[nH]1. The molecule has 2 heterocycles. The first-order chi connectivity index (χ1) is 5.84. The number of H-pyrrole nitrogens is 1. The van der Waals surface area contributed by atoms with E-state index < -0.39 is 0 Å². The minimum Gasteiger partial charge on any atom is -0.262 e. The van der Waals surface area contributed by atoms with Crippen LogP contribution in [0.4, 0.5) is 0 Å². The van der Waals surface area contributed by atoms with Crippen LogP contribution in [-0.2, 0) is 0 Å². The molecule has 2 aromatic rings. The van der Waals surface area contributed by atoms with Crippen LogP contribution in [0.2, 0.25) is 0 Å². The second-order valence-corrected chi connectivity index (χ2v) is 4.21. The van der Waals surface area contributed by atoms with Crippen molar-refractivity contribution in [2.45, 2.75) is 16.4 Å². The summed E-state index contributed by atoms with van der Waals surface area (Å²) < 4.78 is 0.967. The molecule has 1 N–H and O–H groups in total. The van der Waals surface area contributed by atoms with Crippen molar-refractivity contribution in [2.75, 3.05) is 0 Å². The first kappa shape index (κ1) is 7.75. The highest BCUT2D eigenvalue weighted by molar-refractivity contribution is 8.00. The third-order valence-corrected chi connectivity index (χ3v) is 2.91. The lowest BCUT2D eigenvalue weighted by molar-refractivity contribution is 0.968. The van der Waals surface area contributed by atoms with Gasteiger partial charge in [-0.15, -0.1) is 16.4 Å². The van der Waals surface area contributed by atoms with Gasteiger partial charge in [-0.1, -0.05) is 0 Å². The van der Waals surface area contributed by atoms with E-state index in [4.69, 9.17) is 0 Å². The summed E-state index contributed by atoms with van der Waals surface area (Å²) in [7, 11) is 0. The van der Waals surface area contributed by atoms with Crippen LogP contribution in [0.15, 0.2) is 21.1 Å². The topological polar surface area (TPSA) is 54.5 Å². The fourth-order valence-electron chi connectivity index (χ4n) is 0.707. The Morgan fingerprint density at radius 3 is 3.08 bits per heavy atom. The quantitative estimate of drug-likeness (QED) is 0.798. The van der Waals surface area contributed by atoms with Gasteiger partial charge in [-0.3, -0.25) is 5.10 Å². The van der Waals surface area contributed by atoms with E-state index in [2.05, 4.69) is 20.2 Å². The first-order valence-corrected chi connectivity index (χ1v) is 5.00. The second kappa shape index (κ2) is 3.24. The average molecular weight is 198 g/mol. The molecule has 0 aliphatic rings. The molecule has 0 fully saturated rings. The van der Waals surface area contributed by atoms with Crippen LogP contribution < -0.4 is 0 Å². The summed E-state index contributed by atoms with van der Waals surface area (Å²) in [6, 6.07) is 0. The smallest absolute Gasteiger partial charge is 0.215 e. The fraction of sp³-hybridized carbons (Fsp3) is 0.167. The molecule has 0 radical (unpaired) electrons. The Labute approximate surface area is 77.5 Å². The maximum atomic E-state index is 4.15. The number of aromatic amines is 1. The molecule has 0 aliphatic heterocycles. The van der Waals surface area contributed by atoms with E-state index in [9.17, 15) is 0 Å². The number of thiazole rings is 1. The molecule has 0 aliphatic carbocycles. The molecular formula is C6H6N4S2. The number of nitrogens with zero attached hydrogens (tertiary/aromatic N) is 3. The van der Waals surface area contributed by atoms with Crippen LogP contribution in [0.5, 0.6) is 0 Å². The van der Waals surface area contributed by atoms with Crippen molar-refractivity contribution in [3.8, 4) is 0 Å². The molecule has 12 heavy (non-hydrogen) atoms. The monoisotopic (exact) mass is 198 g/mol. The van der Waals surface area contributed by atoms with Crippen LogP contribution in [0.1, 0.15) is 5.82 Å². The van der Waals surface area contributed by atoms with Gasteiger partial charge in [0.15, 0.2) is 4.34 Å². The summed E-state index contributed by atoms with van der Waals surface area (Å²) >= 11 is 3.05. The Balaban J connectivity index is 2.14. The van der Waals surface area contributed by atoms with Crippen LogP contribution >= 0.6 is 23.1 Å². The Kier molecular flexibility index (Phi) is 2.09. The van der Waals surface area contributed by atoms with E-state index in [0.717, 1.165) is 15.3 Å². The molecule has 4 nitrogen and oxygen atoms in total. The molecule has 0 bridgehead atoms. The maximum Gasteiger partial charge on any atom is 0.215 e. The molecule has 62 valence electrons. The summed E-state index contributed by atoms with van der Waals surface area (Å²) in [5.74, 6) is 0.828. The lowest BCUT2D eigenvalue weighted by Gasteiger charge is -1.85. The Morgan fingerprint density at radius 1 is 1.58 bits per heavy atom. The zero-order valence-electron chi connectivity index (χ0n) is 6.31. The van der Waals surface area contributed by atoms with Gasteiger partial charge in [-0.2, -0.15) is 0 Å². The summed E-state index contributed by atoms with van der Waals surface area (Å²) in [4.78, 5) is 8.26. The minimum atomic E-state index is 0.724. The third-order valence-electron chi connectivity index (χ3n) is 1.16. The number of aromatic nitrogens is 4. The van der Waals surface area contributed by atoms with Crippen molar-refractivity contribution in [3.05, 3.63) is 17.4 Å². The van der Waals surface area contributed by atoms with Crippen LogP contribution in [-0.4, -0.2) is 20.2 Å². The summed E-state index contributed by atoms with van der Waals surface area (Å²) in [5, 5.41) is 9.42. The van der Waals surface area contributed by atoms with Gasteiger partial charge in [-0.05, 0) is 18.7 Å². The number of rotatable bonds is 2. The largest absolute Gasteiger partial charge is 0.262 e. The molecule has 0 aromatic carbocycles. The van der Waals surface area contributed by atoms with Crippen molar-refractivity contribution in [1.29, 1.82) is 0 Å². The van der Waals surface area contributed by atoms with Gasteiger partial charge in [0.25, 0.3) is 0 Å². The Morgan fingerprint density at radius 2 is 2.50 bits per heavy atom. The van der Waals surface area contributed by atoms with Gasteiger partial charge in [0.2, 0.25) is 5.16 Å². The van der Waals surface area contributed by atoms with E-state index >= 15 is 0 Å². The van der Waals surface area contributed by atoms with E-state index in [1.165, 1.54) is 11.8 Å². The summed E-state index contributed by atoms with van der Waals surface area (Å²) in [6.45, 7) is 1.87. The molecule has 0 saturated heterocycles. The van der Waals surface area contributed by atoms with Gasteiger partial charge in [0, 0.05) is 11.6 Å². The molecule has 0 atom stereocenters. The van der Waals surface area contributed by atoms with Gasteiger partial charge in [-0.25, -0.2) is 9.97 Å². The van der Waals surface area contributed by atoms with E-state index in [0.29, 0.717) is 0 Å². The molecular weight excluding hydrogens is 192 g/mol. The standard InChI is InChI=1S/C6H6N4S2/c1-4-8-5(10-9-4)12-6-7-2-3-11-6/h2-3H,1H3,(H,8,9,10). The highest BCUT2D eigenvalue weighted by atomic mass is 32.2. The summed E-state index contributed by atoms with van der Waals surface area (Å²) in [6.07, 6.45) is 1.77. The normalized spacial score (nSPS) is 10.4. The number of nitrogens with one attached hydrogen (secondary N) is 1. The highest BCUT2D eigenvalue weighted by Gasteiger charge is 2.03. The first-order valence-electron chi connectivity index (χ1n) is 3.31. The Hall–Kier alpha value is -0.880. The predicted molar refractivity (Wildman–Crippen MR) is 47.4 cm³/mol. The lowest BCUT2D eigenvalue weighted by atomic mass is 10.8.